The van der Waals surface area contributed by atoms with Gasteiger partial charge in [-0.15, -0.1) is 46.7 Å². The standard InChI is InChI=1S/C17H25N5OS2.HI/c1-4-18-17(22(3)10-7-14-6-5-11-24-14)20-9-8-19-16(23)15-13(2)21-12-25-15;/h5-6,11-12H,4,7-10H2,1-3H3,(H,18,20)(H,19,23);1H. The van der Waals surface area contributed by atoms with Crippen LogP contribution in [-0.4, -0.2) is 55.0 Å². The summed E-state index contributed by atoms with van der Waals surface area (Å²) < 4.78 is 0. The number of hydrogen-bond donors (Lipinski definition) is 2. The fourth-order valence-corrected chi connectivity index (χ4v) is 3.66. The van der Waals surface area contributed by atoms with Crippen LogP contribution in [0, 0.1) is 6.92 Å². The number of rotatable bonds is 8. The zero-order chi connectivity index (χ0) is 18.1. The molecule has 6 nitrogen and oxygen atoms in total. The van der Waals surface area contributed by atoms with Gasteiger partial charge in [0.1, 0.15) is 4.88 Å². The van der Waals surface area contributed by atoms with E-state index in [-0.39, 0.29) is 29.9 Å². The van der Waals surface area contributed by atoms with Crippen molar-refractivity contribution in [2.24, 2.45) is 4.99 Å². The third-order valence-corrected chi connectivity index (χ3v) is 5.44. The topological polar surface area (TPSA) is 69.6 Å². The first kappa shape index (κ1) is 22.8. The lowest BCUT2D eigenvalue weighted by atomic mass is 10.3. The van der Waals surface area contributed by atoms with Gasteiger partial charge in [0.15, 0.2) is 5.96 Å². The first-order valence-corrected chi connectivity index (χ1v) is 10.1. The number of carbonyl (C=O) groups is 1. The second-order valence-corrected chi connectivity index (χ2v) is 7.40. The van der Waals surface area contributed by atoms with E-state index < -0.39 is 0 Å². The third-order valence-electron chi connectivity index (χ3n) is 3.58. The molecule has 0 saturated carbocycles. The molecule has 2 aromatic heterocycles. The van der Waals surface area contributed by atoms with Crippen LogP contribution in [0.4, 0.5) is 0 Å². The number of aromatic nitrogens is 1. The Hall–Kier alpha value is -1.20. The van der Waals surface area contributed by atoms with Gasteiger partial charge in [-0.05, 0) is 31.7 Å². The molecule has 9 heteroatoms. The number of aryl methyl sites for hydroxylation is 1. The Morgan fingerprint density at radius 2 is 2.15 bits per heavy atom. The van der Waals surface area contributed by atoms with Crippen LogP contribution in [0.2, 0.25) is 0 Å². The normalized spacial score (nSPS) is 11.0. The fraction of sp³-hybridized carbons (Fsp3) is 0.471. The van der Waals surface area contributed by atoms with Crippen LogP contribution in [0.25, 0.3) is 0 Å². The Kier molecular flexibility index (Phi) is 10.7. The van der Waals surface area contributed by atoms with Crippen molar-refractivity contribution in [1.82, 2.24) is 20.5 Å². The predicted octanol–water partition coefficient (Wildman–Crippen LogP) is 3.00. The fourth-order valence-electron chi connectivity index (χ4n) is 2.24. The molecular weight excluding hydrogens is 481 g/mol. The lowest BCUT2D eigenvalue weighted by Crippen LogP contribution is -2.40. The highest BCUT2D eigenvalue weighted by molar-refractivity contribution is 14.0. The lowest BCUT2D eigenvalue weighted by Gasteiger charge is -2.21. The van der Waals surface area contributed by atoms with E-state index in [2.05, 4.69) is 49.9 Å². The van der Waals surface area contributed by atoms with Crippen molar-refractivity contribution in [3.63, 3.8) is 0 Å². The number of hydrogen-bond acceptors (Lipinski definition) is 5. The van der Waals surface area contributed by atoms with Gasteiger partial charge in [0.05, 0.1) is 17.7 Å². The first-order valence-electron chi connectivity index (χ1n) is 8.32. The molecule has 0 unspecified atom stereocenters. The lowest BCUT2D eigenvalue weighted by molar-refractivity contribution is 0.0958. The third kappa shape index (κ3) is 7.20. The van der Waals surface area contributed by atoms with Crippen LogP contribution in [0.1, 0.15) is 27.2 Å². The number of guanidine groups is 1. The summed E-state index contributed by atoms with van der Waals surface area (Å²) in [5.41, 5.74) is 2.46. The van der Waals surface area contributed by atoms with E-state index in [1.807, 2.05) is 14.0 Å². The van der Waals surface area contributed by atoms with Crippen molar-refractivity contribution in [3.05, 3.63) is 38.5 Å². The van der Waals surface area contributed by atoms with Crippen molar-refractivity contribution < 1.29 is 4.79 Å². The molecule has 0 saturated heterocycles. The van der Waals surface area contributed by atoms with Crippen LogP contribution in [0.3, 0.4) is 0 Å². The Morgan fingerprint density at radius 1 is 1.35 bits per heavy atom. The summed E-state index contributed by atoms with van der Waals surface area (Å²) >= 11 is 3.14. The number of thiazole rings is 1. The summed E-state index contributed by atoms with van der Waals surface area (Å²) in [6.07, 6.45) is 1.000. The predicted molar refractivity (Wildman–Crippen MR) is 121 cm³/mol. The Morgan fingerprint density at radius 3 is 2.77 bits per heavy atom. The second-order valence-electron chi connectivity index (χ2n) is 5.51. The summed E-state index contributed by atoms with van der Waals surface area (Å²) in [5, 5.41) is 8.29. The highest BCUT2D eigenvalue weighted by atomic mass is 127. The number of amides is 1. The van der Waals surface area contributed by atoms with Crippen molar-refractivity contribution in [3.8, 4) is 0 Å². The SMILES string of the molecule is CCNC(=NCCNC(=O)c1scnc1C)N(C)CCc1cccs1.I. The average Bonchev–Trinajstić information content (AvgIpc) is 3.26. The van der Waals surface area contributed by atoms with Gasteiger partial charge in [-0.3, -0.25) is 9.79 Å². The zero-order valence-electron chi connectivity index (χ0n) is 15.3. The summed E-state index contributed by atoms with van der Waals surface area (Å²) in [7, 11) is 2.04. The second kappa shape index (κ2) is 12.2. The molecule has 144 valence electrons. The number of halogens is 1. The maximum Gasteiger partial charge on any atom is 0.263 e. The molecule has 2 rings (SSSR count). The summed E-state index contributed by atoms with van der Waals surface area (Å²) in [6, 6.07) is 4.23. The van der Waals surface area contributed by atoms with Crippen molar-refractivity contribution in [1.29, 1.82) is 0 Å². The van der Waals surface area contributed by atoms with Crippen molar-refractivity contribution in [2.45, 2.75) is 20.3 Å². The van der Waals surface area contributed by atoms with Gasteiger partial charge in [0.25, 0.3) is 5.91 Å². The number of likely N-dealkylation sites (N-methyl/N-ethyl adjacent to an activating group) is 1. The number of thiophene rings is 1. The van der Waals surface area contributed by atoms with Crippen LogP contribution in [0.15, 0.2) is 28.0 Å². The maximum atomic E-state index is 12.1. The Labute approximate surface area is 180 Å². The molecule has 0 atom stereocenters. The van der Waals surface area contributed by atoms with Crippen molar-refractivity contribution >= 4 is 58.5 Å². The Balaban J connectivity index is 0.00000338. The van der Waals surface area contributed by atoms with Crippen LogP contribution >= 0.6 is 46.7 Å². The minimum Gasteiger partial charge on any atom is -0.357 e. The van der Waals surface area contributed by atoms with Gasteiger partial charge in [-0.2, -0.15) is 0 Å². The molecule has 0 aliphatic carbocycles. The van der Waals surface area contributed by atoms with Gasteiger partial charge < -0.3 is 15.5 Å². The largest absolute Gasteiger partial charge is 0.357 e. The summed E-state index contributed by atoms with van der Waals surface area (Å²) in [6.45, 7) is 6.65. The highest BCUT2D eigenvalue weighted by Crippen LogP contribution is 2.11. The maximum absolute atomic E-state index is 12.1. The number of carbonyl (C=O) groups excluding carboxylic acids is 1. The minimum atomic E-state index is -0.0775. The Bertz CT molecular complexity index is 687. The van der Waals surface area contributed by atoms with Gasteiger partial charge >= 0.3 is 0 Å². The molecule has 0 fully saturated rings. The molecule has 0 bridgehead atoms. The van der Waals surface area contributed by atoms with Gasteiger partial charge in [0, 0.05) is 31.6 Å². The molecule has 1 amide bonds. The van der Waals surface area contributed by atoms with E-state index in [1.54, 1.807) is 16.8 Å². The van der Waals surface area contributed by atoms with E-state index in [4.69, 9.17) is 0 Å². The number of aliphatic imine (C=N–C) groups is 1. The number of nitrogens with zero attached hydrogens (tertiary/aromatic N) is 3. The van der Waals surface area contributed by atoms with Gasteiger partial charge in [0.2, 0.25) is 0 Å². The van der Waals surface area contributed by atoms with Crippen LogP contribution < -0.4 is 10.6 Å². The average molecular weight is 507 g/mol. The molecule has 0 spiro atoms. The molecular formula is C17H26IN5OS2. The smallest absolute Gasteiger partial charge is 0.263 e. The summed E-state index contributed by atoms with van der Waals surface area (Å²) in [5.74, 6) is 0.786. The molecule has 2 N–H and O–H groups in total. The molecule has 26 heavy (non-hydrogen) atoms. The van der Waals surface area contributed by atoms with Gasteiger partial charge in [-0.1, -0.05) is 6.07 Å². The van der Waals surface area contributed by atoms with E-state index in [9.17, 15) is 4.79 Å². The minimum absolute atomic E-state index is 0. The monoisotopic (exact) mass is 507 g/mol. The van der Waals surface area contributed by atoms with E-state index in [0.29, 0.717) is 18.0 Å². The van der Waals surface area contributed by atoms with Crippen LogP contribution in [-0.2, 0) is 6.42 Å². The summed E-state index contributed by atoms with van der Waals surface area (Å²) in [4.78, 5) is 24.9. The highest BCUT2D eigenvalue weighted by Gasteiger charge is 2.11. The molecule has 0 aromatic carbocycles. The molecule has 2 heterocycles. The molecule has 2 aromatic rings. The quantitative estimate of drug-likeness (QED) is 0.250. The van der Waals surface area contributed by atoms with E-state index >= 15 is 0 Å². The van der Waals surface area contributed by atoms with Gasteiger partial charge in [-0.25, -0.2) is 4.98 Å². The zero-order valence-corrected chi connectivity index (χ0v) is 19.3. The first-order chi connectivity index (χ1) is 12.1. The molecule has 0 aliphatic heterocycles. The number of nitrogens with one attached hydrogen (secondary N) is 2. The van der Waals surface area contributed by atoms with Crippen molar-refractivity contribution in [2.75, 3.05) is 33.2 Å². The van der Waals surface area contributed by atoms with E-state index in [0.717, 1.165) is 31.2 Å². The van der Waals surface area contributed by atoms with Crippen LogP contribution in [0.5, 0.6) is 0 Å². The molecule has 0 aliphatic rings. The molecule has 0 radical (unpaired) electrons. The van der Waals surface area contributed by atoms with E-state index in [1.165, 1.54) is 16.2 Å².